The molecule has 0 aromatic heterocycles. The lowest BCUT2D eigenvalue weighted by molar-refractivity contribution is 0.415. The second kappa shape index (κ2) is 5.71. The van der Waals surface area contributed by atoms with Crippen molar-refractivity contribution in [1.29, 1.82) is 0 Å². The summed E-state index contributed by atoms with van der Waals surface area (Å²) in [6.07, 6.45) is 0. The molecule has 0 fully saturated rings. The zero-order valence-electron chi connectivity index (χ0n) is 10.3. The number of hydrogen-bond acceptors (Lipinski definition) is 4. The van der Waals surface area contributed by atoms with E-state index in [1.54, 1.807) is 37.4 Å². The molecular formula is C14H12ClN2O2. The fourth-order valence-electron chi connectivity index (χ4n) is 1.48. The van der Waals surface area contributed by atoms with Gasteiger partial charge in [0.25, 0.3) is 0 Å². The van der Waals surface area contributed by atoms with Gasteiger partial charge >= 0.3 is 0 Å². The second-order valence-corrected chi connectivity index (χ2v) is 4.27. The Morgan fingerprint density at radius 2 is 1.84 bits per heavy atom. The maximum Gasteiger partial charge on any atom is 0.146 e. The van der Waals surface area contributed by atoms with E-state index in [-0.39, 0.29) is 11.4 Å². The van der Waals surface area contributed by atoms with E-state index in [9.17, 15) is 5.11 Å². The molecule has 1 radical (unpaired) electrons. The lowest BCUT2D eigenvalue weighted by Crippen LogP contribution is -1.79. The zero-order chi connectivity index (χ0) is 13.8. The molecule has 0 aliphatic heterocycles. The highest BCUT2D eigenvalue weighted by Crippen LogP contribution is 2.34. The smallest absolute Gasteiger partial charge is 0.146 e. The van der Waals surface area contributed by atoms with Gasteiger partial charge in [-0.1, -0.05) is 11.6 Å². The van der Waals surface area contributed by atoms with Crippen LogP contribution in [0.5, 0.6) is 11.5 Å². The molecule has 0 aliphatic rings. The topological polar surface area (TPSA) is 54.2 Å². The minimum Gasteiger partial charge on any atom is -0.505 e. The largest absolute Gasteiger partial charge is 0.505 e. The minimum atomic E-state index is -0.0262. The highest BCUT2D eigenvalue weighted by molar-refractivity contribution is 6.31. The van der Waals surface area contributed by atoms with E-state index >= 15 is 0 Å². The van der Waals surface area contributed by atoms with E-state index in [2.05, 4.69) is 17.2 Å². The summed E-state index contributed by atoms with van der Waals surface area (Å²) in [5.41, 5.74) is 1.34. The van der Waals surface area contributed by atoms with Gasteiger partial charge in [0.2, 0.25) is 0 Å². The molecular weight excluding hydrogens is 264 g/mol. The first kappa shape index (κ1) is 13.4. The number of benzene rings is 2. The Morgan fingerprint density at radius 1 is 1.16 bits per heavy atom. The zero-order valence-corrected chi connectivity index (χ0v) is 11.1. The number of aromatic hydroxyl groups is 1. The Bertz CT molecular complexity index is 610. The van der Waals surface area contributed by atoms with Crippen LogP contribution in [0.4, 0.5) is 11.4 Å². The van der Waals surface area contributed by atoms with E-state index in [0.29, 0.717) is 16.3 Å². The van der Waals surface area contributed by atoms with Crippen LogP contribution in [0.3, 0.4) is 0 Å². The van der Waals surface area contributed by atoms with Gasteiger partial charge in [-0.3, -0.25) is 0 Å². The van der Waals surface area contributed by atoms with E-state index in [0.717, 1.165) is 5.75 Å². The average molecular weight is 276 g/mol. The summed E-state index contributed by atoms with van der Waals surface area (Å²) in [5, 5.41) is 18.2. The molecule has 0 saturated heterocycles. The fraction of sp³-hybridized carbons (Fsp3) is 0.0714. The van der Waals surface area contributed by atoms with Gasteiger partial charge in [-0.05, 0) is 48.9 Å². The normalized spacial score (nSPS) is 10.9. The molecule has 0 atom stereocenters. The van der Waals surface area contributed by atoms with Gasteiger partial charge in [0, 0.05) is 5.02 Å². The number of phenols is 1. The summed E-state index contributed by atoms with van der Waals surface area (Å²) in [7, 11) is 1.59. The summed E-state index contributed by atoms with van der Waals surface area (Å²) < 4.78 is 5.04. The van der Waals surface area contributed by atoms with Crippen LogP contribution in [-0.4, -0.2) is 12.2 Å². The van der Waals surface area contributed by atoms with Crippen molar-refractivity contribution in [2.45, 2.75) is 0 Å². The Morgan fingerprint density at radius 3 is 2.47 bits per heavy atom. The third-order valence-electron chi connectivity index (χ3n) is 2.48. The first-order chi connectivity index (χ1) is 9.10. The van der Waals surface area contributed by atoms with E-state index in [1.165, 1.54) is 6.07 Å². The third-order valence-corrected chi connectivity index (χ3v) is 2.70. The van der Waals surface area contributed by atoms with Crippen molar-refractivity contribution >= 4 is 23.0 Å². The van der Waals surface area contributed by atoms with E-state index in [4.69, 9.17) is 16.3 Å². The Hall–Kier alpha value is -2.07. The molecule has 2 rings (SSSR count). The minimum absolute atomic E-state index is 0.0262. The number of phenolic OH excluding ortho intramolecular Hbond substituents is 1. The molecule has 0 aliphatic carbocycles. The van der Waals surface area contributed by atoms with Crippen LogP contribution in [0.1, 0.15) is 5.56 Å². The van der Waals surface area contributed by atoms with E-state index in [1.807, 2.05) is 0 Å². The monoisotopic (exact) mass is 275 g/mol. The van der Waals surface area contributed by atoms with Gasteiger partial charge in [0.1, 0.15) is 17.2 Å². The van der Waals surface area contributed by atoms with Crippen LogP contribution in [0.2, 0.25) is 5.02 Å². The maximum absolute atomic E-state index is 9.79. The van der Waals surface area contributed by atoms with Gasteiger partial charge in [0.15, 0.2) is 0 Å². The Kier molecular flexibility index (Phi) is 4.02. The number of methoxy groups -OCH3 is 1. The van der Waals surface area contributed by atoms with Gasteiger partial charge in [0.05, 0.1) is 12.8 Å². The highest BCUT2D eigenvalue weighted by Gasteiger charge is 2.05. The molecule has 2 aromatic carbocycles. The molecule has 0 amide bonds. The standard InChI is InChI=1S/C14H12ClN2O2/c1-9-7-10(15)8-13(14(9)18)17-16-11-3-5-12(19-2)6-4-11/h3-8,18H,1H2,2H3/b17-16+. The summed E-state index contributed by atoms with van der Waals surface area (Å²) in [6.45, 7) is 3.67. The van der Waals surface area contributed by atoms with Gasteiger partial charge in [-0.2, -0.15) is 5.11 Å². The summed E-state index contributed by atoms with van der Waals surface area (Å²) in [5.74, 6) is 0.714. The first-order valence-corrected chi connectivity index (χ1v) is 5.88. The van der Waals surface area contributed by atoms with Crippen molar-refractivity contribution in [1.82, 2.24) is 0 Å². The van der Waals surface area contributed by atoms with Crippen molar-refractivity contribution in [3.63, 3.8) is 0 Å². The average Bonchev–Trinajstić information content (AvgIpc) is 2.41. The molecule has 0 heterocycles. The number of halogens is 1. The van der Waals surface area contributed by atoms with E-state index < -0.39 is 0 Å². The molecule has 19 heavy (non-hydrogen) atoms. The van der Waals surface area contributed by atoms with Gasteiger partial charge in [-0.15, -0.1) is 5.11 Å². The predicted molar refractivity (Wildman–Crippen MR) is 74.7 cm³/mol. The lowest BCUT2D eigenvalue weighted by Gasteiger charge is -2.02. The molecule has 4 nitrogen and oxygen atoms in total. The quantitative estimate of drug-likeness (QED) is 0.829. The number of azo groups is 1. The molecule has 2 aromatic rings. The summed E-state index contributed by atoms with van der Waals surface area (Å²) >= 11 is 5.87. The molecule has 97 valence electrons. The molecule has 5 heteroatoms. The predicted octanol–water partition coefficient (Wildman–Crippen LogP) is 4.65. The van der Waals surface area contributed by atoms with Crippen molar-refractivity contribution < 1.29 is 9.84 Å². The van der Waals surface area contributed by atoms with Crippen LogP contribution >= 0.6 is 11.6 Å². The third kappa shape index (κ3) is 3.23. The van der Waals surface area contributed by atoms with Crippen LogP contribution in [0, 0.1) is 6.92 Å². The summed E-state index contributed by atoms with van der Waals surface area (Å²) in [6, 6.07) is 10.2. The van der Waals surface area contributed by atoms with Crippen molar-refractivity contribution in [2.75, 3.05) is 7.11 Å². The molecule has 1 N–H and O–H groups in total. The van der Waals surface area contributed by atoms with Gasteiger partial charge < -0.3 is 9.84 Å². The molecule has 0 bridgehead atoms. The molecule has 0 saturated carbocycles. The van der Waals surface area contributed by atoms with Crippen LogP contribution in [0.15, 0.2) is 46.6 Å². The second-order valence-electron chi connectivity index (χ2n) is 3.83. The van der Waals surface area contributed by atoms with Crippen molar-refractivity contribution in [3.05, 3.63) is 53.9 Å². The van der Waals surface area contributed by atoms with Crippen molar-refractivity contribution in [3.8, 4) is 11.5 Å². The molecule has 0 unspecified atom stereocenters. The first-order valence-electron chi connectivity index (χ1n) is 5.50. The van der Waals surface area contributed by atoms with Crippen molar-refractivity contribution in [2.24, 2.45) is 10.2 Å². The van der Waals surface area contributed by atoms with Crippen LogP contribution < -0.4 is 4.74 Å². The maximum atomic E-state index is 9.79. The Labute approximate surface area is 116 Å². The number of rotatable bonds is 3. The number of hydrogen-bond donors (Lipinski definition) is 1. The molecule has 0 spiro atoms. The van der Waals surface area contributed by atoms with Gasteiger partial charge in [-0.25, -0.2) is 0 Å². The lowest BCUT2D eigenvalue weighted by atomic mass is 10.2. The van der Waals surface area contributed by atoms with Crippen LogP contribution in [-0.2, 0) is 0 Å². The van der Waals surface area contributed by atoms with Crippen LogP contribution in [0.25, 0.3) is 0 Å². The number of ether oxygens (including phenoxy) is 1. The Balaban J connectivity index is 2.27. The summed E-state index contributed by atoms with van der Waals surface area (Å²) in [4.78, 5) is 0. The fourth-order valence-corrected chi connectivity index (χ4v) is 1.71. The SMILES string of the molecule is [CH2]c1cc(Cl)cc(/N=N/c2ccc(OC)cc2)c1O. The number of nitrogens with zero attached hydrogens (tertiary/aromatic N) is 2. The highest BCUT2D eigenvalue weighted by atomic mass is 35.5.